The lowest BCUT2D eigenvalue weighted by Gasteiger charge is -2.23. The molecule has 0 spiro atoms. The van der Waals surface area contributed by atoms with Gasteiger partial charge in [-0.15, -0.1) is 0 Å². The molecule has 0 unspecified atom stereocenters. The predicted molar refractivity (Wildman–Crippen MR) is 199 cm³/mol. The summed E-state index contributed by atoms with van der Waals surface area (Å²) in [6.07, 6.45) is 6.95. The van der Waals surface area contributed by atoms with Gasteiger partial charge in [0.15, 0.2) is 0 Å². The van der Waals surface area contributed by atoms with Crippen LogP contribution in [0, 0.1) is 35.8 Å². The molecule has 5 aromatic rings. The Morgan fingerprint density at radius 3 is 0.792 bits per heavy atom. The highest BCUT2D eigenvalue weighted by atomic mass is 14.7. The van der Waals surface area contributed by atoms with Crippen molar-refractivity contribution in [1.82, 2.24) is 0 Å². The molecule has 0 radical (unpaired) electrons. The Morgan fingerprint density at radius 2 is 0.646 bits per heavy atom. The molecule has 5 aromatic carbocycles. The van der Waals surface area contributed by atoms with Gasteiger partial charge in [-0.05, 0) is 66.8 Å². The van der Waals surface area contributed by atoms with Crippen LogP contribution in [0.25, 0.3) is 89.9 Å². The van der Waals surface area contributed by atoms with Gasteiger partial charge in [0.05, 0.1) is 25.3 Å². The van der Waals surface area contributed by atoms with Crippen LogP contribution in [0.3, 0.4) is 0 Å². The molecule has 0 fully saturated rings. The van der Waals surface area contributed by atoms with Crippen LogP contribution in [-0.2, 0) is 0 Å². The van der Waals surface area contributed by atoms with Crippen molar-refractivity contribution in [3.05, 3.63) is 179 Å². The molecule has 0 heterocycles. The largest absolute Gasteiger partial charge is 0.270 e. The number of hydrogen-bond donors (Lipinski definition) is 0. The maximum absolute atomic E-state index is 10.6. The normalized spacial score (nSPS) is 9.92. The van der Waals surface area contributed by atoms with E-state index in [-0.39, 0.29) is 11.4 Å². The first-order chi connectivity index (χ1) is 23.5. The van der Waals surface area contributed by atoms with Crippen LogP contribution in [0.4, 0.5) is 0 Å². The van der Waals surface area contributed by atoms with Gasteiger partial charge in [0.1, 0.15) is 0 Å². The van der Waals surface area contributed by atoms with Gasteiger partial charge in [0, 0.05) is 10.4 Å². The van der Waals surface area contributed by atoms with Crippen molar-refractivity contribution in [2.45, 2.75) is 0 Å². The minimum Gasteiger partial charge on any atom is -0.226 e. The molecule has 0 aliphatic heterocycles. The summed E-state index contributed by atoms with van der Waals surface area (Å²) in [7, 11) is 0. The van der Waals surface area contributed by atoms with Crippen LogP contribution in [-0.4, -0.2) is 0 Å². The fourth-order valence-corrected chi connectivity index (χ4v) is 5.80. The lowest BCUT2D eigenvalue weighted by Crippen LogP contribution is -2.26. The van der Waals surface area contributed by atoms with Crippen LogP contribution >= 0.6 is 0 Å². The first-order valence-electron chi connectivity index (χ1n) is 14.9. The Balaban J connectivity index is 2.26. The zero-order valence-electron chi connectivity index (χ0n) is 26.2. The van der Waals surface area contributed by atoms with E-state index in [2.05, 4.69) is 48.1 Å². The summed E-state index contributed by atoms with van der Waals surface area (Å²) < 4.78 is 0. The molecule has 224 valence electrons. The number of rotatable bonds is 8. The smallest absolute Gasteiger partial charge is 0.226 e. The third kappa shape index (κ3) is 5.90. The van der Waals surface area contributed by atoms with Crippen LogP contribution in [0.2, 0.25) is 0 Å². The van der Waals surface area contributed by atoms with E-state index in [0.29, 0.717) is 54.9 Å². The molecule has 0 N–H and O–H groups in total. The fourth-order valence-electron chi connectivity index (χ4n) is 5.80. The summed E-state index contributed by atoms with van der Waals surface area (Å²) in [4.78, 5) is 7.54. The molecular formula is C44H28N4. The zero-order valence-corrected chi connectivity index (χ0v) is 26.2. The van der Waals surface area contributed by atoms with Crippen molar-refractivity contribution in [2.24, 2.45) is 0 Å². The summed E-state index contributed by atoms with van der Waals surface area (Å²) >= 11 is 0. The number of nitriles is 2. The fraction of sp³-hybridized carbons (Fsp3) is 0. The van der Waals surface area contributed by atoms with Crippen molar-refractivity contribution in [1.29, 1.82) is 10.5 Å². The van der Waals surface area contributed by atoms with Gasteiger partial charge in [0.25, 0.3) is 11.4 Å². The molecule has 0 aliphatic rings. The van der Waals surface area contributed by atoms with Gasteiger partial charge < -0.3 is 0 Å². The van der Waals surface area contributed by atoms with Crippen molar-refractivity contribution in [2.75, 3.05) is 0 Å². The van der Waals surface area contributed by atoms with Crippen molar-refractivity contribution < 1.29 is 0 Å². The van der Waals surface area contributed by atoms with E-state index >= 15 is 0 Å². The molecule has 0 aromatic heterocycles. The van der Waals surface area contributed by atoms with E-state index < -0.39 is 0 Å². The highest BCUT2D eigenvalue weighted by Crippen LogP contribution is 2.37. The number of hydrogen-bond acceptors (Lipinski definition) is 2. The van der Waals surface area contributed by atoms with E-state index in [0.717, 1.165) is 22.3 Å². The van der Waals surface area contributed by atoms with Crippen molar-refractivity contribution in [3.8, 4) is 56.6 Å². The molecule has 5 rings (SSSR count). The molecule has 0 aliphatic carbocycles. The number of nitrogens with zero attached hydrogens (tertiary/aromatic N) is 4. The summed E-state index contributed by atoms with van der Waals surface area (Å²) in [5, 5.41) is 21.9. The van der Waals surface area contributed by atoms with E-state index in [1.165, 1.54) is 0 Å². The maximum atomic E-state index is 10.6. The molecule has 4 heteroatoms. The van der Waals surface area contributed by atoms with Gasteiger partial charge in [-0.2, -0.15) is 0 Å². The second-order valence-electron chi connectivity index (χ2n) is 10.7. The Bertz CT molecular complexity index is 2060. The average Bonchev–Trinajstić information content (AvgIpc) is 3.15. The van der Waals surface area contributed by atoms with Gasteiger partial charge >= 0.3 is 0 Å². The molecule has 0 bridgehead atoms. The third-order valence-corrected chi connectivity index (χ3v) is 8.15. The maximum Gasteiger partial charge on any atom is 0.270 e. The highest BCUT2D eigenvalue weighted by molar-refractivity contribution is 6.01. The van der Waals surface area contributed by atoms with Gasteiger partial charge in [-0.1, -0.05) is 148 Å². The average molecular weight is 613 g/mol. The highest BCUT2D eigenvalue weighted by Gasteiger charge is 2.25. The van der Waals surface area contributed by atoms with Gasteiger partial charge in [0.2, 0.25) is 0 Å². The quantitative estimate of drug-likeness (QED) is 0.164. The zero-order chi connectivity index (χ0) is 34.2. The molecule has 0 saturated carbocycles. The monoisotopic (exact) mass is 612 g/mol. The Labute approximate surface area is 281 Å². The van der Waals surface area contributed by atoms with Crippen LogP contribution in [0.1, 0.15) is 22.3 Å². The molecule has 0 atom stereocenters. The van der Waals surface area contributed by atoms with E-state index in [9.17, 15) is 10.5 Å². The summed E-state index contributed by atoms with van der Waals surface area (Å²) in [6.45, 7) is 32.0. The Kier molecular flexibility index (Phi) is 9.54. The number of benzene rings is 5. The standard InChI is InChI=1S/C44H28N4/c1-7-29-11-19-33(20-12-29)39-40(34-21-13-30(8-2)14-22-34)44(38(28-46)48-6)42(36-25-17-32(10-4)18-26-36)41(43(39)37(27-45)47-5)35-23-15-31(9-3)16-24-35/h7-26H,1-4H2. The summed E-state index contributed by atoms with van der Waals surface area (Å²) in [5.74, 6) is 0. The van der Waals surface area contributed by atoms with Crippen LogP contribution in [0.15, 0.2) is 123 Å². The molecule has 4 nitrogen and oxygen atoms in total. The second-order valence-corrected chi connectivity index (χ2v) is 10.7. The van der Waals surface area contributed by atoms with Gasteiger partial charge in [-0.25, -0.2) is 20.2 Å². The topological polar surface area (TPSA) is 56.3 Å². The molecule has 0 amide bonds. The summed E-state index contributed by atoms with van der Waals surface area (Å²) in [5.41, 5.74) is 8.36. The van der Waals surface area contributed by atoms with E-state index in [4.69, 9.17) is 13.1 Å². The van der Waals surface area contributed by atoms with Crippen LogP contribution in [0.5, 0.6) is 0 Å². The lowest BCUT2D eigenvalue weighted by molar-refractivity contribution is 1.44. The second kappa shape index (κ2) is 14.2. The van der Waals surface area contributed by atoms with E-state index in [1.54, 1.807) is 24.3 Å². The van der Waals surface area contributed by atoms with Gasteiger partial charge in [-0.3, -0.25) is 0 Å². The minimum atomic E-state index is -0.124. The summed E-state index contributed by atoms with van der Waals surface area (Å²) in [6, 6.07) is 34.9. The first kappa shape index (κ1) is 32.2. The Morgan fingerprint density at radius 1 is 0.438 bits per heavy atom. The first-order valence-corrected chi connectivity index (χ1v) is 14.9. The van der Waals surface area contributed by atoms with Crippen molar-refractivity contribution >= 4 is 35.7 Å². The minimum absolute atomic E-state index is 0.124. The third-order valence-electron chi connectivity index (χ3n) is 8.15. The van der Waals surface area contributed by atoms with Crippen LogP contribution < -0.4 is 10.4 Å². The van der Waals surface area contributed by atoms with E-state index in [1.807, 2.05) is 97.1 Å². The molecule has 48 heavy (non-hydrogen) atoms. The molecular weight excluding hydrogens is 585 g/mol. The Hall–Kier alpha value is -7.24. The van der Waals surface area contributed by atoms with Crippen molar-refractivity contribution in [3.63, 3.8) is 0 Å². The SMILES string of the molecule is [C-]#[N+]C(C#N)=c1c(-c2ccc(C=C)cc2)c(-c2ccc(C=C)cc2)c(=C(C#N)[N+]#[C-])c(-c2ccc(C=C)cc2)c1-c1ccc(C=C)cc1. The lowest BCUT2D eigenvalue weighted by atomic mass is 9.80. The predicted octanol–water partition coefficient (Wildman–Crippen LogP) is 10.0. The molecule has 0 saturated heterocycles.